The van der Waals surface area contributed by atoms with Crippen LogP contribution in [0.4, 0.5) is 0 Å². The van der Waals surface area contributed by atoms with E-state index in [9.17, 15) is 0 Å². The van der Waals surface area contributed by atoms with Crippen molar-refractivity contribution in [2.75, 3.05) is 13.2 Å². The molecular formula is C7H14O2. The Labute approximate surface area is 56.1 Å². The number of unbranched alkanes of at least 4 members (excludes halogenated alkanes) is 1. The van der Waals surface area contributed by atoms with Crippen molar-refractivity contribution in [1.82, 2.24) is 0 Å². The molecule has 0 rings (SSSR count). The van der Waals surface area contributed by atoms with Gasteiger partial charge in [0, 0.05) is 6.61 Å². The molecule has 2 heteroatoms. The molecular weight excluding hydrogens is 116 g/mol. The van der Waals surface area contributed by atoms with Gasteiger partial charge in [-0.1, -0.05) is 0 Å². The van der Waals surface area contributed by atoms with Crippen molar-refractivity contribution in [1.29, 1.82) is 0 Å². The Morgan fingerprint density at radius 3 is 2.89 bits per heavy atom. The Balaban J connectivity index is 2.86. The Bertz CT molecular complexity index is 69.3. The van der Waals surface area contributed by atoms with Crippen molar-refractivity contribution in [3.8, 4) is 0 Å². The minimum atomic E-state index is 0.260. The smallest absolute Gasteiger partial charge is 0.0845 e. The number of aliphatic hydroxyl groups excluding tert-OH is 1. The molecule has 0 heterocycles. The fourth-order valence-electron chi connectivity index (χ4n) is 0.441. The fraction of sp³-hybridized carbons (Fsp3) is 0.714. The molecule has 0 aromatic rings. The van der Waals surface area contributed by atoms with Crippen molar-refractivity contribution in [2.45, 2.75) is 19.8 Å². The van der Waals surface area contributed by atoms with E-state index in [-0.39, 0.29) is 6.61 Å². The third-order valence-electron chi connectivity index (χ3n) is 0.888. The maximum Gasteiger partial charge on any atom is 0.0845 e. The minimum absolute atomic E-state index is 0.260. The summed E-state index contributed by atoms with van der Waals surface area (Å²) in [4.78, 5) is 0. The van der Waals surface area contributed by atoms with Crippen molar-refractivity contribution < 1.29 is 9.84 Å². The largest absolute Gasteiger partial charge is 0.502 e. The third kappa shape index (κ3) is 7.50. The highest BCUT2D eigenvalue weighted by atomic mass is 16.5. The Kier molecular flexibility index (Phi) is 7.08. The lowest BCUT2D eigenvalue weighted by molar-refractivity contribution is 0.265. The molecule has 0 atom stereocenters. The number of ether oxygens (including phenoxy) is 1. The average Bonchev–Trinajstić information content (AvgIpc) is 1.89. The van der Waals surface area contributed by atoms with Gasteiger partial charge in [-0.05, 0) is 25.8 Å². The molecule has 1 N–H and O–H groups in total. The molecule has 0 radical (unpaired) electrons. The summed E-state index contributed by atoms with van der Waals surface area (Å²) in [5.74, 6) is 0. The highest BCUT2D eigenvalue weighted by Gasteiger charge is 1.77. The first kappa shape index (κ1) is 8.50. The number of allylic oxidation sites excluding steroid dienone is 1. The number of aliphatic hydroxyl groups is 1. The molecule has 54 valence electrons. The van der Waals surface area contributed by atoms with Crippen molar-refractivity contribution >= 4 is 0 Å². The van der Waals surface area contributed by atoms with Crippen LogP contribution in [0.25, 0.3) is 0 Å². The van der Waals surface area contributed by atoms with Crippen LogP contribution in [0.3, 0.4) is 0 Å². The summed E-state index contributed by atoms with van der Waals surface area (Å²) in [6.45, 7) is 2.92. The zero-order valence-electron chi connectivity index (χ0n) is 5.84. The predicted molar refractivity (Wildman–Crippen MR) is 37.1 cm³/mol. The zero-order valence-corrected chi connectivity index (χ0v) is 5.84. The van der Waals surface area contributed by atoms with Gasteiger partial charge >= 0.3 is 0 Å². The van der Waals surface area contributed by atoms with Gasteiger partial charge in [0.25, 0.3) is 0 Å². The third-order valence-corrected chi connectivity index (χ3v) is 0.888. The topological polar surface area (TPSA) is 29.5 Å². The first-order valence-electron chi connectivity index (χ1n) is 3.29. The maximum absolute atomic E-state index is 8.35. The molecule has 0 amide bonds. The van der Waals surface area contributed by atoms with Crippen LogP contribution in [0.5, 0.6) is 0 Å². The molecule has 9 heavy (non-hydrogen) atoms. The van der Waals surface area contributed by atoms with Gasteiger partial charge in [0.15, 0.2) is 0 Å². The lowest BCUT2D eigenvalue weighted by atomic mass is 10.3. The molecule has 0 spiro atoms. The summed E-state index contributed by atoms with van der Waals surface area (Å²) in [5.41, 5.74) is 0. The second-order valence-corrected chi connectivity index (χ2v) is 1.69. The van der Waals surface area contributed by atoms with Crippen molar-refractivity contribution in [3.05, 3.63) is 12.3 Å². The lowest BCUT2D eigenvalue weighted by Gasteiger charge is -1.91. The molecule has 0 saturated heterocycles. The molecule has 2 nitrogen and oxygen atoms in total. The van der Waals surface area contributed by atoms with Crippen LogP contribution in [-0.4, -0.2) is 18.3 Å². The standard InChI is InChI=1S/C7H14O2/c1-2-9-7-5-3-4-6-8/h5,7-8H,2-4,6H2,1H3. The van der Waals surface area contributed by atoms with Gasteiger partial charge in [0.05, 0.1) is 12.9 Å². The van der Waals surface area contributed by atoms with E-state index in [0.717, 1.165) is 19.4 Å². The number of rotatable bonds is 5. The van der Waals surface area contributed by atoms with Crippen LogP contribution in [0.1, 0.15) is 19.8 Å². The van der Waals surface area contributed by atoms with Gasteiger partial charge in [-0.25, -0.2) is 0 Å². The predicted octanol–water partition coefficient (Wildman–Crippen LogP) is 1.31. The van der Waals surface area contributed by atoms with Gasteiger partial charge in [-0.15, -0.1) is 0 Å². The summed E-state index contributed by atoms with van der Waals surface area (Å²) < 4.78 is 4.92. The van der Waals surface area contributed by atoms with E-state index in [1.165, 1.54) is 0 Å². The van der Waals surface area contributed by atoms with E-state index < -0.39 is 0 Å². The van der Waals surface area contributed by atoms with Crippen molar-refractivity contribution in [2.24, 2.45) is 0 Å². The SMILES string of the molecule is CCOC=CCCCO. The summed E-state index contributed by atoms with van der Waals surface area (Å²) >= 11 is 0. The molecule has 0 aliphatic heterocycles. The molecule has 0 saturated carbocycles. The molecule has 0 aliphatic carbocycles. The zero-order chi connectivity index (χ0) is 6.95. The van der Waals surface area contributed by atoms with Crippen LogP contribution in [0, 0.1) is 0 Å². The maximum atomic E-state index is 8.35. The first-order chi connectivity index (χ1) is 4.41. The summed E-state index contributed by atoms with van der Waals surface area (Å²) in [6, 6.07) is 0. The van der Waals surface area contributed by atoms with E-state index >= 15 is 0 Å². The second-order valence-electron chi connectivity index (χ2n) is 1.69. The highest BCUT2D eigenvalue weighted by molar-refractivity contribution is 4.72. The Hall–Kier alpha value is -0.500. The second kappa shape index (κ2) is 7.50. The number of hydrogen-bond donors (Lipinski definition) is 1. The Morgan fingerprint density at radius 1 is 1.56 bits per heavy atom. The van der Waals surface area contributed by atoms with E-state index in [1.54, 1.807) is 6.26 Å². The van der Waals surface area contributed by atoms with Crippen LogP contribution < -0.4 is 0 Å². The van der Waals surface area contributed by atoms with E-state index in [1.807, 2.05) is 13.0 Å². The van der Waals surface area contributed by atoms with Gasteiger partial charge in [-0.3, -0.25) is 0 Å². The highest BCUT2D eigenvalue weighted by Crippen LogP contribution is 1.88. The lowest BCUT2D eigenvalue weighted by Crippen LogP contribution is -1.80. The van der Waals surface area contributed by atoms with Crippen LogP contribution in [0.15, 0.2) is 12.3 Å². The van der Waals surface area contributed by atoms with Gasteiger partial charge in [0.1, 0.15) is 0 Å². The van der Waals surface area contributed by atoms with Crippen LogP contribution in [0.2, 0.25) is 0 Å². The summed E-state index contributed by atoms with van der Waals surface area (Å²) in [5, 5.41) is 8.35. The van der Waals surface area contributed by atoms with Crippen LogP contribution >= 0.6 is 0 Å². The van der Waals surface area contributed by atoms with Crippen LogP contribution in [-0.2, 0) is 4.74 Å². The minimum Gasteiger partial charge on any atom is -0.502 e. The van der Waals surface area contributed by atoms with E-state index in [0.29, 0.717) is 0 Å². The molecule has 0 aliphatic rings. The number of hydrogen-bond acceptors (Lipinski definition) is 2. The molecule has 0 fully saturated rings. The molecule has 0 unspecified atom stereocenters. The summed E-state index contributed by atoms with van der Waals surface area (Å²) in [7, 11) is 0. The monoisotopic (exact) mass is 130 g/mol. The van der Waals surface area contributed by atoms with E-state index in [2.05, 4.69) is 0 Å². The van der Waals surface area contributed by atoms with Gasteiger partial charge in [-0.2, -0.15) is 0 Å². The summed E-state index contributed by atoms with van der Waals surface area (Å²) in [6.07, 6.45) is 5.31. The molecule has 0 aromatic carbocycles. The first-order valence-corrected chi connectivity index (χ1v) is 3.29. The van der Waals surface area contributed by atoms with E-state index in [4.69, 9.17) is 9.84 Å². The molecule has 0 bridgehead atoms. The van der Waals surface area contributed by atoms with Gasteiger partial charge < -0.3 is 9.84 Å². The Morgan fingerprint density at radius 2 is 2.33 bits per heavy atom. The fourth-order valence-corrected chi connectivity index (χ4v) is 0.441. The normalized spacial score (nSPS) is 10.4. The molecule has 0 aromatic heterocycles. The average molecular weight is 130 g/mol. The van der Waals surface area contributed by atoms with Gasteiger partial charge in [0.2, 0.25) is 0 Å². The van der Waals surface area contributed by atoms with Crippen molar-refractivity contribution in [3.63, 3.8) is 0 Å². The quantitative estimate of drug-likeness (QED) is 0.449.